The van der Waals surface area contributed by atoms with Crippen molar-refractivity contribution >= 4 is 0 Å². The van der Waals surface area contributed by atoms with Crippen LogP contribution in [0.15, 0.2) is 0 Å². The number of rotatable bonds is 0. The summed E-state index contributed by atoms with van der Waals surface area (Å²) < 4.78 is 0. The van der Waals surface area contributed by atoms with Crippen molar-refractivity contribution in [3.63, 3.8) is 0 Å². The Morgan fingerprint density at radius 2 is 1.55 bits per heavy atom. The second kappa shape index (κ2) is 7.17. The van der Waals surface area contributed by atoms with Crippen LogP contribution in [0.3, 0.4) is 0 Å². The monoisotopic (exact) mass is 431 g/mol. The molecule has 4 saturated carbocycles. The van der Waals surface area contributed by atoms with Crippen LogP contribution in [0.2, 0.25) is 0 Å². The molecule has 2 saturated heterocycles. The molecule has 0 aromatic rings. The van der Waals surface area contributed by atoms with E-state index in [0.29, 0.717) is 35.6 Å². The molecule has 3 N–H and O–H groups in total. The van der Waals surface area contributed by atoms with E-state index >= 15 is 0 Å². The third-order valence-electron chi connectivity index (χ3n) is 12.0. The van der Waals surface area contributed by atoms with Gasteiger partial charge in [-0.3, -0.25) is 4.90 Å². The number of nitrogens with zero attached hydrogens (tertiary/aromatic N) is 1. The molecule has 6 unspecified atom stereocenters. The van der Waals surface area contributed by atoms with Gasteiger partial charge >= 0.3 is 0 Å². The topological polar surface area (TPSA) is 63.9 Å². The first-order valence-corrected chi connectivity index (χ1v) is 13.5. The summed E-state index contributed by atoms with van der Waals surface area (Å²) in [6.07, 6.45) is 9.43. The van der Waals surface area contributed by atoms with Crippen LogP contribution in [-0.2, 0) is 0 Å². The highest BCUT2D eigenvalue weighted by molar-refractivity contribution is 5.14. The molecule has 2 aliphatic heterocycles. The molecule has 4 heteroatoms. The van der Waals surface area contributed by atoms with Gasteiger partial charge in [0.1, 0.15) is 0 Å². The maximum absolute atomic E-state index is 11.8. The molecule has 4 aliphatic carbocycles. The van der Waals surface area contributed by atoms with Crippen LogP contribution in [0, 0.1) is 52.8 Å². The quantitative estimate of drug-likeness (QED) is 0.547. The lowest BCUT2D eigenvalue weighted by atomic mass is 9.51. The number of fused-ring (bicyclic) bond motifs is 8. The SMILES string of the molecule is C[C@H]1CCC2N(C1)C[C@H]1C3CC4[C@@H](C[C@H](O)C5C[C@@H](O)CC[C@]45C)C3CCC1[C@]2(C)O. The second-order valence-electron chi connectivity index (χ2n) is 13.4. The van der Waals surface area contributed by atoms with E-state index in [1.807, 2.05) is 0 Å². The average Bonchev–Trinajstić information content (AvgIpc) is 3.09. The number of hydrogen-bond acceptors (Lipinski definition) is 4. The van der Waals surface area contributed by atoms with Gasteiger partial charge < -0.3 is 15.3 Å². The van der Waals surface area contributed by atoms with E-state index in [9.17, 15) is 15.3 Å². The predicted octanol–water partition coefficient (Wildman–Crippen LogP) is 3.68. The standard InChI is InChI=1S/C27H45NO3/c1-15-4-7-25-27(3,31)21-6-5-17-18(20(21)14-28(25)13-15)11-22-19(17)12-24(30)23-10-16(29)8-9-26(22,23)2/h15-25,29-31H,4-14H2,1-3H3/t15-,16-,17?,18?,19-,20-,21?,22?,23?,24-,25?,26+,27-/m0/s1. The zero-order valence-electron chi connectivity index (χ0n) is 19.9. The minimum atomic E-state index is -0.553. The minimum absolute atomic E-state index is 0.188. The smallest absolute Gasteiger partial charge is 0.0805 e. The van der Waals surface area contributed by atoms with Crippen molar-refractivity contribution < 1.29 is 15.3 Å². The molecule has 4 nitrogen and oxygen atoms in total. The van der Waals surface area contributed by atoms with Gasteiger partial charge in [0.2, 0.25) is 0 Å². The molecule has 0 aromatic carbocycles. The van der Waals surface area contributed by atoms with E-state index in [2.05, 4.69) is 25.7 Å². The lowest BCUT2D eigenvalue weighted by Gasteiger charge is -2.60. The van der Waals surface area contributed by atoms with Crippen molar-refractivity contribution in [1.29, 1.82) is 0 Å². The fraction of sp³-hybridized carbons (Fsp3) is 1.00. The Kier molecular flexibility index (Phi) is 4.94. The average molecular weight is 432 g/mol. The Morgan fingerprint density at radius 1 is 0.742 bits per heavy atom. The van der Waals surface area contributed by atoms with Gasteiger partial charge in [-0.25, -0.2) is 0 Å². The van der Waals surface area contributed by atoms with Crippen LogP contribution in [0.4, 0.5) is 0 Å². The molecule has 176 valence electrons. The highest BCUT2D eigenvalue weighted by Gasteiger charge is 2.64. The zero-order chi connectivity index (χ0) is 21.7. The lowest BCUT2D eigenvalue weighted by Crippen LogP contribution is -2.67. The van der Waals surface area contributed by atoms with Crippen molar-refractivity contribution in [3.8, 4) is 0 Å². The van der Waals surface area contributed by atoms with Gasteiger partial charge in [0.05, 0.1) is 17.8 Å². The molecular weight excluding hydrogens is 386 g/mol. The summed E-state index contributed by atoms with van der Waals surface area (Å²) >= 11 is 0. The number of aliphatic hydroxyl groups is 3. The fourth-order valence-corrected chi connectivity index (χ4v) is 10.6. The molecule has 6 rings (SSSR count). The molecular formula is C27H45NO3. The first kappa shape index (κ1) is 21.4. The van der Waals surface area contributed by atoms with E-state index in [0.717, 1.165) is 50.5 Å². The first-order valence-electron chi connectivity index (χ1n) is 13.5. The molecule has 0 aromatic heterocycles. The maximum atomic E-state index is 11.8. The molecule has 2 heterocycles. The van der Waals surface area contributed by atoms with Crippen LogP contribution in [-0.4, -0.2) is 57.2 Å². The Bertz CT molecular complexity index is 711. The molecule has 0 bridgehead atoms. The summed E-state index contributed by atoms with van der Waals surface area (Å²) in [6.45, 7) is 9.36. The molecule has 13 atom stereocenters. The summed E-state index contributed by atoms with van der Waals surface area (Å²) in [7, 11) is 0. The largest absolute Gasteiger partial charge is 0.393 e. The maximum Gasteiger partial charge on any atom is 0.0805 e. The van der Waals surface area contributed by atoms with Crippen LogP contribution < -0.4 is 0 Å². The second-order valence-corrected chi connectivity index (χ2v) is 13.4. The highest BCUT2D eigenvalue weighted by Crippen LogP contribution is 2.67. The number of hydrogen-bond donors (Lipinski definition) is 3. The van der Waals surface area contributed by atoms with E-state index in [-0.39, 0.29) is 23.5 Å². The van der Waals surface area contributed by atoms with Gasteiger partial charge in [-0.15, -0.1) is 0 Å². The van der Waals surface area contributed by atoms with Gasteiger partial charge in [-0.2, -0.15) is 0 Å². The lowest BCUT2D eigenvalue weighted by molar-refractivity contribution is -0.176. The van der Waals surface area contributed by atoms with Crippen LogP contribution in [0.5, 0.6) is 0 Å². The fourth-order valence-electron chi connectivity index (χ4n) is 10.6. The third-order valence-corrected chi connectivity index (χ3v) is 12.0. The number of piperidine rings is 2. The normalized spacial score (nSPS) is 61.5. The van der Waals surface area contributed by atoms with Crippen molar-refractivity contribution in [2.45, 2.75) is 102 Å². The third kappa shape index (κ3) is 3.00. The van der Waals surface area contributed by atoms with E-state index < -0.39 is 5.60 Å². The predicted molar refractivity (Wildman–Crippen MR) is 121 cm³/mol. The van der Waals surface area contributed by atoms with Crippen molar-refractivity contribution in [2.24, 2.45) is 52.8 Å². The number of aliphatic hydroxyl groups excluding tert-OH is 2. The molecule has 0 radical (unpaired) electrons. The Labute approximate surface area is 188 Å². The Hall–Kier alpha value is -0.160. The minimum Gasteiger partial charge on any atom is -0.393 e. The summed E-state index contributed by atoms with van der Waals surface area (Å²) in [5, 5.41) is 33.3. The van der Waals surface area contributed by atoms with Crippen LogP contribution >= 0.6 is 0 Å². The van der Waals surface area contributed by atoms with Gasteiger partial charge in [-0.05, 0) is 117 Å². The van der Waals surface area contributed by atoms with Gasteiger partial charge in [0, 0.05) is 19.1 Å². The molecule has 6 aliphatic rings. The van der Waals surface area contributed by atoms with Gasteiger partial charge in [0.25, 0.3) is 0 Å². The Balaban J connectivity index is 1.30. The zero-order valence-corrected chi connectivity index (χ0v) is 19.9. The highest BCUT2D eigenvalue weighted by atomic mass is 16.3. The summed E-state index contributed by atoms with van der Waals surface area (Å²) in [5.41, 5.74) is -0.365. The van der Waals surface area contributed by atoms with Crippen molar-refractivity contribution in [2.75, 3.05) is 13.1 Å². The summed E-state index contributed by atoms with van der Waals surface area (Å²) in [4.78, 5) is 2.68. The summed E-state index contributed by atoms with van der Waals surface area (Å²) in [6, 6.07) is 0.355. The molecule has 31 heavy (non-hydrogen) atoms. The van der Waals surface area contributed by atoms with Crippen molar-refractivity contribution in [3.05, 3.63) is 0 Å². The van der Waals surface area contributed by atoms with E-state index in [1.165, 1.54) is 32.2 Å². The molecule has 0 spiro atoms. The van der Waals surface area contributed by atoms with Crippen molar-refractivity contribution in [1.82, 2.24) is 4.90 Å². The van der Waals surface area contributed by atoms with E-state index in [1.54, 1.807) is 0 Å². The van der Waals surface area contributed by atoms with Gasteiger partial charge in [0.15, 0.2) is 0 Å². The summed E-state index contributed by atoms with van der Waals surface area (Å²) in [5.74, 6) is 4.89. The first-order chi connectivity index (χ1) is 14.7. The molecule has 6 fully saturated rings. The van der Waals surface area contributed by atoms with E-state index in [4.69, 9.17) is 0 Å². The van der Waals surface area contributed by atoms with Crippen LogP contribution in [0.25, 0.3) is 0 Å². The Morgan fingerprint density at radius 3 is 2.35 bits per heavy atom. The van der Waals surface area contributed by atoms with Crippen LogP contribution in [0.1, 0.15) is 78.6 Å². The van der Waals surface area contributed by atoms with Gasteiger partial charge in [-0.1, -0.05) is 13.8 Å². The molecule has 0 amide bonds.